The van der Waals surface area contributed by atoms with Crippen molar-refractivity contribution < 1.29 is 23.9 Å². The number of methoxy groups -OCH3 is 2. The number of hydrogen-bond acceptors (Lipinski definition) is 6. The number of nitrogens with one attached hydrogen (secondary N) is 2. The fourth-order valence-corrected chi connectivity index (χ4v) is 3.94. The van der Waals surface area contributed by atoms with Crippen LogP contribution in [-0.4, -0.2) is 38.5 Å². The summed E-state index contributed by atoms with van der Waals surface area (Å²) in [7, 11) is 3.15. The van der Waals surface area contributed by atoms with Gasteiger partial charge in [-0.1, -0.05) is 35.9 Å². The van der Waals surface area contributed by atoms with E-state index < -0.39 is 11.8 Å². The molecule has 36 heavy (non-hydrogen) atoms. The maximum absolute atomic E-state index is 12.8. The van der Waals surface area contributed by atoms with E-state index in [4.69, 9.17) is 21.1 Å². The number of carbonyl (C=O) groups is 3. The van der Waals surface area contributed by atoms with Crippen LogP contribution in [0, 0.1) is 0 Å². The molecule has 3 aromatic carbocycles. The molecule has 0 aromatic heterocycles. The maximum atomic E-state index is 12.8. The molecule has 4 rings (SSSR count). The van der Waals surface area contributed by atoms with Gasteiger partial charge >= 0.3 is 0 Å². The average Bonchev–Trinajstić information content (AvgIpc) is 3.12. The summed E-state index contributed by atoms with van der Waals surface area (Å²) in [5.74, 6) is -0.0999. The van der Waals surface area contributed by atoms with E-state index in [1.807, 2.05) is 18.2 Å². The summed E-state index contributed by atoms with van der Waals surface area (Å²) in [6, 6.07) is 20.7. The number of para-hydroxylation sites is 1. The van der Waals surface area contributed by atoms with Gasteiger partial charge in [-0.25, -0.2) is 4.90 Å². The Balaban J connectivity index is 1.35. The van der Waals surface area contributed by atoms with Gasteiger partial charge in [0, 0.05) is 17.8 Å². The highest BCUT2D eigenvalue weighted by atomic mass is 35.5. The van der Waals surface area contributed by atoms with Crippen molar-refractivity contribution in [3.8, 4) is 11.5 Å². The Kier molecular flexibility index (Phi) is 7.56. The molecule has 0 spiro atoms. The van der Waals surface area contributed by atoms with Gasteiger partial charge in [0.05, 0.1) is 19.9 Å². The second-order valence-electron chi connectivity index (χ2n) is 7.87. The van der Waals surface area contributed by atoms with Crippen LogP contribution in [0.2, 0.25) is 0 Å². The minimum atomic E-state index is -0.596. The predicted molar refractivity (Wildman–Crippen MR) is 137 cm³/mol. The number of ether oxygens (including phenoxy) is 2. The molecule has 0 saturated carbocycles. The van der Waals surface area contributed by atoms with Gasteiger partial charge in [0.1, 0.15) is 10.7 Å². The number of carbonyl (C=O) groups excluding carboxylic acids is 3. The Morgan fingerprint density at radius 1 is 0.889 bits per heavy atom. The first kappa shape index (κ1) is 24.8. The lowest BCUT2D eigenvalue weighted by Crippen LogP contribution is -2.32. The van der Waals surface area contributed by atoms with Gasteiger partial charge in [0.2, 0.25) is 0 Å². The third kappa shape index (κ3) is 5.18. The van der Waals surface area contributed by atoms with Crippen molar-refractivity contribution in [2.75, 3.05) is 31.0 Å². The first-order valence-electron chi connectivity index (χ1n) is 11.1. The molecule has 0 aliphatic carbocycles. The standard InChI is InChI=1S/C27H24ClN3O5/c1-35-21-13-8-17(16-22(21)36-2)14-15-29-25(32)18-9-11-19(12-10-18)30-24-23(28)26(33)31(27(24)34)20-6-4-3-5-7-20/h3-13,16,30H,14-15H2,1-2H3,(H,29,32). The molecule has 0 bridgehead atoms. The largest absolute Gasteiger partial charge is 0.493 e. The number of rotatable bonds is 9. The lowest BCUT2D eigenvalue weighted by molar-refractivity contribution is -0.120. The highest BCUT2D eigenvalue weighted by Crippen LogP contribution is 2.30. The van der Waals surface area contributed by atoms with Gasteiger partial charge in [-0.05, 0) is 60.5 Å². The van der Waals surface area contributed by atoms with Crippen molar-refractivity contribution in [3.05, 3.63) is 94.7 Å². The van der Waals surface area contributed by atoms with Crippen molar-refractivity contribution in [1.82, 2.24) is 5.32 Å². The van der Waals surface area contributed by atoms with Crippen LogP contribution in [0.5, 0.6) is 11.5 Å². The molecule has 184 valence electrons. The highest BCUT2D eigenvalue weighted by molar-refractivity contribution is 6.53. The Labute approximate surface area is 213 Å². The van der Waals surface area contributed by atoms with Gasteiger partial charge in [-0.2, -0.15) is 0 Å². The van der Waals surface area contributed by atoms with Crippen LogP contribution >= 0.6 is 11.6 Å². The summed E-state index contributed by atoms with van der Waals surface area (Å²) in [6.45, 7) is 0.433. The fourth-order valence-electron chi connectivity index (χ4n) is 3.73. The molecule has 0 atom stereocenters. The van der Waals surface area contributed by atoms with Gasteiger partial charge < -0.3 is 20.1 Å². The molecule has 8 nitrogen and oxygen atoms in total. The summed E-state index contributed by atoms with van der Waals surface area (Å²) < 4.78 is 10.5. The third-order valence-electron chi connectivity index (χ3n) is 5.61. The zero-order chi connectivity index (χ0) is 25.7. The van der Waals surface area contributed by atoms with Crippen molar-refractivity contribution >= 4 is 40.7 Å². The molecule has 2 N–H and O–H groups in total. The molecule has 3 aromatic rings. The second-order valence-corrected chi connectivity index (χ2v) is 8.25. The molecule has 1 aliphatic heterocycles. The van der Waals surface area contributed by atoms with Gasteiger partial charge in [-0.3, -0.25) is 14.4 Å². The number of benzene rings is 3. The van der Waals surface area contributed by atoms with E-state index in [0.29, 0.717) is 41.4 Å². The Morgan fingerprint density at radius 3 is 2.25 bits per heavy atom. The highest BCUT2D eigenvalue weighted by Gasteiger charge is 2.38. The zero-order valence-electron chi connectivity index (χ0n) is 19.7. The molecule has 1 aliphatic rings. The molecular formula is C27H24ClN3O5. The number of halogens is 1. The molecule has 1 heterocycles. The second kappa shape index (κ2) is 11.0. The molecule has 0 fully saturated rings. The van der Waals surface area contributed by atoms with Crippen molar-refractivity contribution in [3.63, 3.8) is 0 Å². The maximum Gasteiger partial charge on any atom is 0.283 e. The van der Waals surface area contributed by atoms with Crippen molar-refractivity contribution in [2.45, 2.75) is 6.42 Å². The molecule has 9 heteroatoms. The number of hydrogen-bond donors (Lipinski definition) is 2. The van der Waals surface area contributed by atoms with E-state index in [1.165, 1.54) is 0 Å². The van der Waals surface area contributed by atoms with Gasteiger partial charge in [-0.15, -0.1) is 0 Å². The monoisotopic (exact) mass is 505 g/mol. The average molecular weight is 506 g/mol. The summed E-state index contributed by atoms with van der Waals surface area (Å²) >= 11 is 6.17. The third-order valence-corrected chi connectivity index (χ3v) is 5.96. The number of amides is 3. The summed E-state index contributed by atoms with van der Waals surface area (Å²) in [5.41, 5.74) is 2.38. The van der Waals surface area contributed by atoms with E-state index in [2.05, 4.69) is 10.6 Å². The predicted octanol–water partition coefficient (Wildman–Crippen LogP) is 4.11. The lowest BCUT2D eigenvalue weighted by atomic mass is 10.1. The smallest absolute Gasteiger partial charge is 0.283 e. The molecule has 0 radical (unpaired) electrons. The molecule has 0 saturated heterocycles. The van der Waals surface area contributed by atoms with E-state index >= 15 is 0 Å². The van der Waals surface area contributed by atoms with Crippen molar-refractivity contribution in [2.24, 2.45) is 0 Å². The van der Waals surface area contributed by atoms with E-state index in [1.54, 1.807) is 68.8 Å². The van der Waals surface area contributed by atoms with Crippen LogP contribution in [0.4, 0.5) is 11.4 Å². The first-order valence-corrected chi connectivity index (χ1v) is 11.5. The summed E-state index contributed by atoms with van der Waals surface area (Å²) in [5, 5.41) is 5.59. The first-order chi connectivity index (χ1) is 17.4. The number of imide groups is 1. The topological polar surface area (TPSA) is 97.0 Å². The minimum absolute atomic E-state index is 0.0161. The quantitative estimate of drug-likeness (QED) is 0.425. The number of nitrogens with zero attached hydrogens (tertiary/aromatic N) is 1. The Bertz CT molecular complexity index is 1320. The lowest BCUT2D eigenvalue weighted by Gasteiger charge is -2.15. The normalized spacial score (nSPS) is 13.1. The van der Waals surface area contributed by atoms with Crippen LogP contribution in [0.3, 0.4) is 0 Å². The summed E-state index contributed by atoms with van der Waals surface area (Å²) in [4.78, 5) is 38.9. The van der Waals surface area contributed by atoms with E-state index in [-0.39, 0.29) is 16.6 Å². The van der Waals surface area contributed by atoms with Crippen LogP contribution in [0.15, 0.2) is 83.5 Å². The van der Waals surface area contributed by atoms with E-state index in [0.717, 1.165) is 10.5 Å². The van der Waals surface area contributed by atoms with E-state index in [9.17, 15) is 14.4 Å². The zero-order valence-corrected chi connectivity index (χ0v) is 20.5. The minimum Gasteiger partial charge on any atom is -0.493 e. The Morgan fingerprint density at radius 2 is 1.58 bits per heavy atom. The van der Waals surface area contributed by atoms with Crippen LogP contribution in [0.1, 0.15) is 15.9 Å². The Hall–Kier alpha value is -4.30. The molecule has 0 unspecified atom stereocenters. The van der Waals surface area contributed by atoms with Crippen LogP contribution in [-0.2, 0) is 16.0 Å². The van der Waals surface area contributed by atoms with Crippen LogP contribution < -0.4 is 25.0 Å². The SMILES string of the molecule is COc1ccc(CCNC(=O)c2ccc(NC3=C(Cl)C(=O)N(c4ccccc4)C3=O)cc2)cc1OC. The fraction of sp³-hybridized carbons (Fsp3) is 0.148. The number of anilines is 2. The van der Waals surface area contributed by atoms with Gasteiger partial charge in [0.25, 0.3) is 17.7 Å². The van der Waals surface area contributed by atoms with Crippen molar-refractivity contribution in [1.29, 1.82) is 0 Å². The molecule has 3 amide bonds. The van der Waals surface area contributed by atoms with Gasteiger partial charge in [0.15, 0.2) is 11.5 Å². The molecular weight excluding hydrogens is 482 g/mol. The van der Waals surface area contributed by atoms with Crippen LogP contribution in [0.25, 0.3) is 0 Å². The summed E-state index contributed by atoms with van der Waals surface area (Å²) in [6.07, 6.45) is 0.618.